The number of hydrogen-bond donors (Lipinski definition) is 0. The summed E-state index contributed by atoms with van der Waals surface area (Å²) in [6.07, 6.45) is 0. The second kappa shape index (κ2) is 4.83. The number of aromatic nitrogens is 1. The van der Waals surface area contributed by atoms with Gasteiger partial charge in [-0.2, -0.15) is 0 Å². The molecule has 0 radical (unpaired) electrons. The number of aryl methyl sites for hydroxylation is 1. The first kappa shape index (κ1) is 15.5. The van der Waals surface area contributed by atoms with E-state index in [1.807, 2.05) is 41.5 Å². The van der Waals surface area contributed by atoms with Crippen molar-refractivity contribution >= 4 is 34.3 Å². The van der Waals surface area contributed by atoms with E-state index in [0.29, 0.717) is 5.82 Å². The number of rotatable bonds is 1. The van der Waals surface area contributed by atoms with E-state index in [0.717, 1.165) is 21.2 Å². The minimum absolute atomic E-state index is 0.349. The molecule has 0 bridgehead atoms. The van der Waals surface area contributed by atoms with Gasteiger partial charge in [0.15, 0.2) is 0 Å². The van der Waals surface area contributed by atoms with E-state index >= 15 is 0 Å². The van der Waals surface area contributed by atoms with E-state index < -0.39 is 18.3 Å². The highest BCUT2D eigenvalue weighted by Crippen LogP contribution is 2.38. The van der Waals surface area contributed by atoms with E-state index in [2.05, 4.69) is 25.8 Å². The van der Waals surface area contributed by atoms with Crippen LogP contribution in [0.3, 0.4) is 0 Å². The average molecular weight is 337 g/mol. The maximum absolute atomic E-state index is 7.35. The Bertz CT molecular complexity index is 592. The summed E-state index contributed by atoms with van der Waals surface area (Å²) >= 11 is 3.52. The summed E-state index contributed by atoms with van der Waals surface area (Å²) in [5.41, 5.74) is 1.61. The molecule has 106 valence electrons. The molecule has 20 heavy (non-hydrogen) atoms. The van der Waals surface area contributed by atoms with E-state index in [-0.39, 0.29) is 0 Å². The molecule has 0 aliphatic carbocycles. The van der Waals surface area contributed by atoms with Gasteiger partial charge in [-0.3, -0.25) is 0 Å². The third kappa shape index (κ3) is 2.28. The minimum Gasteiger partial charge on any atom is -0.400 e. The lowest BCUT2D eigenvalue weighted by Gasteiger charge is -2.32. The molecule has 1 aliphatic heterocycles. The molecule has 2 rings (SSSR count). The van der Waals surface area contributed by atoms with Gasteiger partial charge in [-0.05, 0) is 56.1 Å². The van der Waals surface area contributed by atoms with Crippen molar-refractivity contribution in [2.24, 2.45) is 0 Å². The van der Waals surface area contributed by atoms with Crippen molar-refractivity contribution < 1.29 is 9.31 Å². The highest BCUT2D eigenvalue weighted by Gasteiger charge is 2.52. The van der Waals surface area contributed by atoms with Crippen molar-refractivity contribution in [3.05, 3.63) is 27.1 Å². The molecule has 0 N–H and O–H groups in total. The zero-order valence-corrected chi connectivity index (χ0v) is 14.3. The van der Waals surface area contributed by atoms with Crippen LogP contribution in [0, 0.1) is 20.4 Å². The lowest BCUT2D eigenvalue weighted by molar-refractivity contribution is 0.00578. The van der Waals surface area contributed by atoms with Gasteiger partial charge in [0.25, 0.3) is 5.82 Å². The Morgan fingerprint density at radius 3 is 2.10 bits per heavy atom. The fraction of sp³-hybridized carbons (Fsp3) is 0.571. The Balaban J connectivity index is 2.56. The summed E-state index contributed by atoms with van der Waals surface area (Å²) in [6, 6.07) is 0. The van der Waals surface area contributed by atoms with Gasteiger partial charge in [-0.25, -0.2) is 0 Å². The first-order valence-electron chi connectivity index (χ1n) is 6.50. The van der Waals surface area contributed by atoms with Gasteiger partial charge in [0.1, 0.15) is 5.69 Å². The monoisotopic (exact) mass is 336 g/mol. The minimum atomic E-state index is -0.562. The smallest absolute Gasteiger partial charge is 0.400 e. The molecule has 0 unspecified atom stereocenters. The zero-order valence-electron chi connectivity index (χ0n) is 12.7. The standard InChI is InChI=1S/C14H18BBrN2O2/c1-8-10(12(17-7)18-9(2)11(8)16)15-19-13(3,4)14(5,6)20-15/h1-6H3. The normalized spacial score (nSPS) is 20.0. The predicted molar refractivity (Wildman–Crippen MR) is 83.4 cm³/mol. The van der Waals surface area contributed by atoms with Crippen molar-refractivity contribution in [2.45, 2.75) is 52.7 Å². The Hall–Kier alpha value is -0.895. The van der Waals surface area contributed by atoms with Crippen LogP contribution in [0.4, 0.5) is 5.82 Å². The summed E-state index contributed by atoms with van der Waals surface area (Å²) in [7, 11) is -0.562. The molecule has 0 saturated carbocycles. The van der Waals surface area contributed by atoms with E-state index in [1.54, 1.807) is 0 Å². The first-order valence-corrected chi connectivity index (χ1v) is 7.29. The van der Waals surface area contributed by atoms with Crippen LogP contribution < -0.4 is 5.46 Å². The number of hydrogen-bond acceptors (Lipinski definition) is 3. The van der Waals surface area contributed by atoms with Crippen LogP contribution in [0.15, 0.2) is 4.47 Å². The number of halogens is 1. The van der Waals surface area contributed by atoms with Gasteiger partial charge < -0.3 is 14.2 Å². The molecule has 2 heterocycles. The largest absolute Gasteiger partial charge is 0.485 e. The third-order valence-corrected chi connectivity index (χ3v) is 5.33. The molecule has 4 nitrogen and oxygen atoms in total. The summed E-state index contributed by atoms with van der Waals surface area (Å²) < 4.78 is 13.0. The second-order valence-electron chi connectivity index (χ2n) is 6.07. The second-order valence-corrected chi connectivity index (χ2v) is 6.87. The van der Waals surface area contributed by atoms with E-state index in [4.69, 9.17) is 15.9 Å². The average Bonchev–Trinajstić information content (AvgIpc) is 2.54. The fourth-order valence-corrected chi connectivity index (χ4v) is 2.46. The third-order valence-electron chi connectivity index (χ3n) is 4.16. The van der Waals surface area contributed by atoms with Crippen molar-refractivity contribution in [1.82, 2.24) is 4.98 Å². The lowest BCUT2D eigenvalue weighted by Crippen LogP contribution is -2.41. The quantitative estimate of drug-likeness (QED) is 0.583. The van der Waals surface area contributed by atoms with Crippen molar-refractivity contribution in [1.29, 1.82) is 0 Å². The predicted octanol–water partition coefficient (Wildman–Crippen LogP) is 3.31. The Morgan fingerprint density at radius 1 is 1.15 bits per heavy atom. The Labute approximate surface area is 129 Å². The van der Waals surface area contributed by atoms with Crippen LogP contribution in [0.1, 0.15) is 39.0 Å². The highest BCUT2D eigenvalue weighted by atomic mass is 79.9. The maximum atomic E-state index is 7.35. The number of nitrogens with zero attached hydrogens (tertiary/aromatic N) is 2. The van der Waals surface area contributed by atoms with Gasteiger partial charge in [0.2, 0.25) is 0 Å². The molecule has 1 aromatic heterocycles. The molecule has 1 aromatic rings. The van der Waals surface area contributed by atoms with Crippen molar-refractivity contribution in [3.8, 4) is 0 Å². The van der Waals surface area contributed by atoms with Crippen LogP contribution in [0.25, 0.3) is 4.85 Å². The summed E-state index contributed by atoms with van der Waals surface area (Å²) in [6.45, 7) is 19.2. The Morgan fingerprint density at radius 2 is 1.65 bits per heavy atom. The van der Waals surface area contributed by atoms with Gasteiger partial charge in [-0.1, -0.05) is 6.57 Å². The molecular formula is C14H18BBrN2O2. The Kier molecular flexibility index (Phi) is 3.74. The van der Waals surface area contributed by atoms with Gasteiger partial charge >= 0.3 is 7.12 Å². The molecule has 0 spiro atoms. The molecular weight excluding hydrogens is 319 g/mol. The molecule has 1 fully saturated rings. The molecule has 0 amide bonds. The van der Waals surface area contributed by atoms with Gasteiger partial charge in [0, 0.05) is 12.4 Å². The molecule has 0 atom stereocenters. The van der Waals surface area contributed by atoms with Crippen LogP contribution in [0.2, 0.25) is 0 Å². The number of pyridine rings is 1. The maximum Gasteiger partial charge on any atom is 0.485 e. The first-order chi connectivity index (χ1) is 9.10. The zero-order chi connectivity index (χ0) is 15.3. The van der Waals surface area contributed by atoms with Crippen LogP contribution >= 0.6 is 15.9 Å². The summed E-state index contributed by atoms with van der Waals surface area (Å²) in [5, 5.41) is 0. The molecule has 6 heteroatoms. The fourth-order valence-electron chi connectivity index (χ4n) is 2.15. The topological polar surface area (TPSA) is 35.7 Å². The summed E-state index contributed by atoms with van der Waals surface area (Å²) in [4.78, 5) is 7.86. The van der Waals surface area contributed by atoms with Gasteiger partial charge in [-0.15, -0.1) is 4.98 Å². The molecule has 1 saturated heterocycles. The van der Waals surface area contributed by atoms with Crippen LogP contribution in [0.5, 0.6) is 0 Å². The molecule has 1 aliphatic rings. The van der Waals surface area contributed by atoms with Crippen molar-refractivity contribution in [3.63, 3.8) is 0 Å². The van der Waals surface area contributed by atoms with E-state index in [1.165, 1.54) is 0 Å². The van der Waals surface area contributed by atoms with Crippen LogP contribution in [-0.2, 0) is 9.31 Å². The highest BCUT2D eigenvalue weighted by molar-refractivity contribution is 9.10. The van der Waals surface area contributed by atoms with E-state index in [9.17, 15) is 0 Å². The molecule has 0 aromatic carbocycles. The summed E-state index contributed by atoms with van der Waals surface area (Å²) in [5.74, 6) is 0.349. The lowest BCUT2D eigenvalue weighted by atomic mass is 9.76. The SMILES string of the molecule is [C-]#[N+]c1nc(C)c(Br)c(C)c1B1OC(C)(C)C(C)(C)O1. The van der Waals surface area contributed by atoms with Gasteiger partial charge in [0.05, 0.1) is 15.7 Å². The van der Waals surface area contributed by atoms with Crippen LogP contribution in [-0.4, -0.2) is 23.3 Å². The van der Waals surface area contributed by atoms with Crippen molar-refractivity contribution in [2.75, 3.05) is 0 Å².